The molecule has 34 heavy (non-hydrogen) atoms. The van der Waals surface area contributed by atoms with Crippen molar-refractivity contribution >= 4 is 82.9 Å². The van der Waals surface area contributed by atoms with E-state index in [1.807, 2.05) is 13.0 Å². The normalized spacial score (nSPS) is 11.6. The number of rotatable bonds is 6. The highest BCUT2D eigenvalue weighted by Gasteiger charge is 2.21. The molecule has 0 bridgehead atoms. The highest BCUT2D eigenvalue weighted by Crippen LogP contribution is 2.37. The topological polar surface area (TPSA) is 96.3 Å². The Balaban J connectivity index is 1.88. The zero-order chi connectivity index (χ0) is 25.0. The number of carbonyl (C=O) groups is 1. The Morgan fingerprint density at radius 3 is 2.29 bits per heavy atom. The average molecular weight is 645 g/mol. The molecule has 1 amide bonds. The van der Waals surface area contributed by atoms with Crippen LogP contribution < -0.4 is 9.50 Å². The summed E-state index contributed by atoms with van der Waals surface area (Å²) in [4.78, 5) is 12.6. The summed E-state index contributed by atoms with van der Waals surface area (Å²) in [5, 5.41) is 12.4. The van der Waals surface area contributed by atoms with Gasteiger partial charge >= 0.3 is 10.1 Å². The molecule has 11 heteroatoms. The monoisotopic (exact) mass is 642 g/mol. The van der Waals surface area contributed by atoms with Crippen LogP contribution in [-0.2, 0) is 14.9 Å². The number of carbonyl (C=O) groups excluding carboxylic acids is 1. The molecule has 0 heterocycles. The van der Waals surface area contributed by atoms with E-state index in [1.54, 1.807) is 30.3 Å². The van der Waals surface area contributed by atoms with Crippen LogP contribution in [0.4, 0.5) is 5.69 Å². The molecule has 0 aliphatic rings. The number of nitrogens with one attached hydrogen (secondary N) is 1. The summed E-state index contributed by atoms with van der Waals surface area (Å²) in [7, 11) is -4.09. The van der Waals surface area contributed by atoms with Crippen LogP contribution in [0, 0.1) is 18.3 Å². The Kier molecular flexibility index (Phi) is 8.44. The average Bonchev–Trinajstić information content (AvgIpc) is 2.78. The number of anilines is 1. The standard InChI is InChI=1S/C23H14Br2Cl2N2O4S/c1-13-5-7-16(8-6-13)34(31,32)33-22-17(24)10-14(11-18(22)25)9-15(12-28)23(30)29-20-4-2-3-19(26)21(20)27/h2-11H,1H3,(H,29,30)/b15-9+. The Hall–Kier alpha value is -2.35. The Bertz CT molecular complexity index is 1430. The molecule has 3 aromatic rings. The quantitative estimate of drug-likeness (QED) is 0.175. The fourth-order valence-electron chi connectivity index (χ4n) is 2.71. The van der Waals surface area contributed by atoms with Gasteiger partial charge in [0.15, 0.2) is 5.75 Å². The molecule has 1 N–H and O–H groups in total. The third-order valence-corrected chi connectivity index (χ3v) is 7.63. The van der Waals surface area contributed by atoms with E-state index in [4.69, 9.17) is 27.4 Å². The Labute approximate surface area is 223 Å². The van der Waals surface area contributed by atoms with Crippen molar-refractivity contribution in [2.45, 2.75) is 11.8 Å². The lowest BCUT2D eigenvalue weighted by Crippen LogP contribution is -2.14. The second-order valence-electron chi connectivity index (χ2n) is 6.89. The molecule has 0 aliphatic carbocycles. The van der Waals surface area contributed by atoms with E-state index in [1.165, 1.54) is 30.3 Å². The Morgan fingerprint density at radius 2 is 1.71 bits per heavy atom. The molecule has 3 aromatic carbocycles. The number of nitriles is 1. The highest BCUT2D eigenvalue weighted by atomic mass is 79.9. The third kappa shape index (κ3) is 6.20. The number of aryl methyl sites for hydroxylation is 1. The van der Waals surface area contributed by atoms with Crippen LogP contribution in [0.5, 0.6) is 5.75 Å². The fourth-order valence-corrected chi connectivity index (χ4v) is 5.62. The Morgan fingerprint density at radius 1 is 1.09 bits per heavy atom. The van der Waals surface area contributed by atoms with Crippen molar-refractivity contribution in [1.29, 1.82) is 5.26 Å². The van der Waals surface area contributed by atoms with E-state index >= 15 is 0 Å². The molecule has 0 spiro atoms. The minimum absolute atomic E-state index is 0.00369. The third-order valence-electron chi connectivity index (χ3n) is 4.40. The van der Waals surface area contributed by atoms with Gasteiger partial charge in [-0.1, -0.05) is 47.0 Å². The van der Waals surface area contributed by atoms with E-state index in [0.717, 1.165) is 5.56 Å². The second-order valence-corrected chi connectivity index (χ2v) is 10.9. The summed E-state index contributed by atoms with van der Waals surface area (Å²) in [6.07, 6.45) is 1.33. The van der Waals surface area contributed by atoms with Crippen LogP contribution in [-0.4, -0.2) is 14.3 Å². The molecule has 0 atom stereocenters. The lowest BCUT2D eigenvalue weighted by atomic mass is 10.1. The van der Waals surface area contributed by atoms with Crippen molar-refractivity contribution in [1.82, 2.24) is 0 Å². The van der Waals surface area contributed by atoms with Crippen molar-refractivity contribution in [3.63, 3.8) is 0 Å². The van der Waals surface area contributed by atoms with Gasteiger partial charge < -0.3 is 9.50 Å². The first kappa shape index (κ1) is 26.3. The second kappa shape index (κ2) is 10.9. The van der Waals surface area contributed by atoms with E-state index in [9.17, 15) is 18.5 Å². The van der Waals surface area contributed by atoms with Crippen molar-refractivity contribution < 1.29 is 17.4 Å². The predicted octanol–water partition coefficient (Wildman–Crippen LogP) is 7.14. The summed E-state index contributed by atoms with van der Waals surface area (Å²) < 4.78 is 31.2. The van der Waals surface area contributed by atoms with Gasteiger partial charge in [0.05, 0.1) is 24.7 Å². The smallest absolute Gasteiger partial charge is 0.339 e. The van der Waals surface area contributed by atoms with Gasteiger partial charge in [-0.05, 0) is 86.8 Å². The fraction of sp³-hybridized carbons (Fsp3) is 0.0435. The van der Waals surface area contributed by atoms with E-state index in [-0.39, 0.29) is 32.0 Å². The molecule has 6 nitrogen and oxygen atoms in total. The first-order valence-corrected chi connectivity index (χ1v) is 13.1. The van der Waals surface area contributed by atoms with Crippen LogP contribution in [0.1, 0.15) is 11.1 Å². The summed E-state index contributed by atoms with van der Waals surface area (Å²) in [5.41, 5.74) is 1.39. The summed E-state index contributed by atoms with van der Waals surface area (Å²) in [5.74, 6) is -0.674. The molecule has 174 valence electrons. The highest BCUT2D eigenvalue weighted by molar-refractivity contribution is 9.11. The predicted molar refractivity (Wildman–Crippen MR) is 140 cm³/mol. The number of amides is 1. The molecule has 3 rings (SSSR count). The van der Waals surface area contributed by atoms with Crippen LogP contribution in [0.25, 0.3) is 6.08 Å². The van der Waals surface area contributed by atoms with Crippen molar-refractivity contribution in [3.05, 3.63) is 90.3 Å². The molecular formula is C23H14Br2Cl2N2O4S. The largest absolute Gasteiger partial charge is 0.377 e. The summed E-state index contributed by atoms with van der Waals surface area (Å²) >= 11 is 18.6. The molecule has 0 saturated carbocycles. The van der Waals surface area contributed by atoms with Crippen LogP contribution in [0.3, 0.4) is 0 Å². The van der Waals surface area contributed by atoms with Crippen molar-refractivity contribution in [2.24, 2.45) is 0 Å². The minimum Gasteiger partial charge on any atom is -0.377 e. The molecule has 0 aliphatic heterocycles. The van der Waals surface area contributed by atoms with Gasteiger partial charge in [0.2, 0.25) is 0 Å². The van der Waals surface area contributed by atoms with Gasteiger partial charge in [0.25, 0.3) is 5.91 Å². The van der Waals surface area contributed by atoms with Crippen LogP contribution >= 0.6 is 55.1 Å². The van der Waals surface area contributed by atoms with E-state index in [2.05, 4.69) is 37.2 Å². The number of hydrogen-bond donors (Lipinski definition) is 1. The van der Waals surface area contributed by atoms with Crippen LogP contribution in [0.15, 0.2) is 74.0 Å². The first-order valence-electron chi connectivity index (χ1n) is 9.39. The maximum absolute atomic E-state index is 12.6. The number of halogens is 4. The van der Waals surface area contributed by atoms with Crippen LogP contribution in [0.2, 0.25) is 10.0 Å². The SMILES string of the molecule is Cc1ccc(S(=O)(=O)Oc2c(Br)cc(/C=C(\C#N)C(=O)Nc3cccc(Cl)c3Cl)cc2Br)cc1. The van der Waals surface area contributed by atoms with Gasteiger partial charge in [0, 0.05) is 0 Å². The van der Waals surface area contributed by atoms with Gasteiger partial charge in [-0.3, -0.25) is 4.79 Å². The number of hydrogen-bond acceptors (Lipinski definition) is 5. The van der Waals surface area contributed by atoms with Gasteiger partial charge in [0.1, 0.15) is 16.5 Å². The number of nitrogens with zero attached hydrogens (tertiary/aromatic N) is 1. The molecule has 0 saturated heterocycles. The summed E-state index contributed by atoms with van der Waals surface area (Å²) in [6, 6.07) is 15.8. The number of benzene rings is 3. The molecular weight excluding hydrogens is 631 g/mol. The molecule has 0 fully saturated rings. The van der Waals surface area contributed by atoms with Crippen molar-refractivity contribution in [2.75, 3.05) is 5.32 Å². The molecule has 0 unspecified atom stereocenters. The summed E-state index contributed by atoms with van der Waals surface area (Å²) in [6.45, 7) is 1.84. The molecule has 0 radical (unpaired) electrons. The lowest BCUT2D eigenvalue weighted by molar-refractivity contribution is -0.112. The maximum Gasteiger partial charge on any atom is 0.339 e. The minimum atomic E-state index is -4.09. The first-order chi connectivity index (χ1) is 16.0. The van der Waals surface area contributed by atoms with Gasteiger partial charge in [-0.2, -0.15) is 13.7 Å². The zero-order valence-electron chi connectivity index (χ0n) is 17.3. The van der Waals surface area contributed by atoms with Crippen molar-refractivity contribution in [3.8, 4) is 11.8 Å². The maximum atomic E-state index is 12.6. The van der Waals surface area contributed by atoms with E-state index in [0.29, 0.717) is 14.5 Å². The lowest BCUT2D eigenvalue weighted by Gasteiger charge is -2.12. The van der Waals surface area contributed by atoms with Gasteiger partial charge in [-0.25, -0.2) is 0 Å². The van der Waals surface area contributed by atoms with E-state index < -0.39 is 16.0 Å². The zero-order valence-corrected chi connectivity index (χ0v) is 22.8. The molecule has 0 aromatic heterocycles. The van der Waals surface area contributed by atoms with Gasteiger partial charge in [-0.15, -0.1) is 0 Å².